The predicted octanol–water partition coefficient (Wildman–Crippen LogP) is -3.85. The average Bonchev–Trinajstić information content (AvgIpc) is 0. The molecule has 0 N–H and O–H groups in total. The van der Waals surface area contributed by atoms with Crippen molar-refractivity contribution in [3.8, 4) is 0 Å². The zero-order valence-corrected chi connectivity index (χ0v) is 6.43. The maximum Gasteiger partial charge on any atom is 4.00 e. The summed E-state index contributed by atoms with van der Waals surface area (Å²) in [6.07, 6.45) is 0. The summed E-state index contributed by atoms with van der Waals surface area (Å²) in [4.78, 5) is 0. The molecule has 0 aliphatic heterocycles. The van der Waals surface area contributed by atoms with Gasteiger partial charge < -0.3 is 21.9 Å². The van der Waals surface area contributed by atoms with Crippen molar-refractivity contribution >= 4 is 17.4 Å². The zero-order chi connectivity index (χ0) is 0. The van der Waals surface area contributed by atoms with Gasteiger partial charge in [0.05, 0.1) is 0 Å². The summed E-state index contributed by atoms with van der Waals surface area (Å²) in [5, 5.41) is 0. The molecule has 0 bridgehead atoms. The third kappa shape index (κ3) is 87.5. The van der Waals surface area contributed by atoms with Crippen LogP contribution < -0.4 is 18.9 Å². The fraction of sp³-hybridized carbons (Fsp3) is 0. The van der Waals surface area contributed by atoms with E-state index in [4.69, 9.17) is 0 Å². The van der Waals surface area contributed by atoms with Gasteiger partial charge in [-0.2, -0.15) is 0 Å². The van der Waals surface area contributed by atoms with Gasteiger partial charge in [0.25, 0.3) is 0 Å². The molecule has 0 unspecified atom stereocenters. The minimum Gasteiger partial charge on any atom is -2.00 e. The number of rotatable bonds is 0. The molecule has 0 atom stereocenters. The van der Waals surface area contributed by atoms with Crippen molar-refractivity contribution in [3.63, 3.8) is 0 Å². The fourth-order valence-corrected chi connectivity index (χ4v) is 0. The van der Waals surface area contributed by atoms with E-state index in [2.05, 4.69) is 0 Å². The van der Waals surface area contributed by atoms with Gasteiger partial charge in [-0.3, -0.25) is 0 Å². The summed E-state index contributed by atoms with van der Waals surface area (Å²) in [5.74, 6) is 0. The van der Waals surface area contributed by atoms with Gasteiger partial charge in [0.2, 0.25) is 0 Å². The van der Waals surface area contributed by atoms with Gasteiger partial charge in [-0.05, 0) is 0 Å². The Hall–Kier alpha value is 1.68. The van der Waals surface area contributed by atoms with Gasteiger partial charge in [-0.15, -0.1) is 0 Å². The van der Waals surface area contributed by atoms with Gasteiger partial charge in [-0.1, -0.05) is 0 Å². The van der Waals surface area contributed by atoms with E-state index in [9.17, 15) is 0 Å². The minimum absolute atomic E-state index is 0. The fourth-order valence-electron chi connectivity index (χ4n) is 0. The van der Waals surface area contributed by atoms with Crippen LogP contribution in [-0.2, 0) is 43.6 Å². The van der Waals surface area contributed by atoms with Crippen LogP contribution in [-0.4, -0.2) is 17.4 Å². The topological polar surface area (TPSA) is 114 Å². The molecule has 0 saturated carbocycles. The molecule has 32 valence electrons. The van der Waals surface area contributed by atoms with Gasteiger partial charge in [0.1, 0.15) is 0 Å². The van der Waals surface area contributed by atoms with Crippen molar-refractivity contribution < 1.29 is 62.5 Å². The maximum atomic E-state index is 0. The van der Waals surface area contributed by atoms with E-state index in [1.165, 1.54) is 0 Å². The predicted molar refractivity (Wildman–Crippen MR) is 8.50 cm³/mol. The summed E-state index contributed by atoms with van der Waals surface area (Å²) in [6, 6.07) is 0. The molecule has 7 heavy (non-hydrogen) atoms. The monoisotopic (exact) mass is 146 g/mol. The largest absolute Gasteiger partial charge is 4.00 e. The van der Waals surface area contributed by atoms with Gasteiger partial charge in [-0.25, -0.2) is 0 Å². The van der Waals surface area contributed by atoms with Crippen LogP contribution >= 0.6 is 0 Å². The minimum atomic E-state index is 0. The Morgan fingerprint density at radius 2 is 0.571 bits per heavy atom. The first-order valence-corrected chi connectivity index (χ1v) is 0. The second-order valence-electron chi connectivity index (χ2n) is 0. The summed E-state index contributed by atoms with van der Waals surface area (Å²) < 4.78 is 0. The first-order chi connectivity index (χ1) is 0. The van der Waals surface area contributed by atoms with Crippen LogP contribution in [0.3, 0.4) is 0 Å². The van der Waals surface area contributed by atoms with E-state index in [1.807, 2.05) is 0 Å². The molecule has 0 amide bonds. The van der Waals surface area contributed by atoms with Crippen molar-refractivity contribution in [1.29, 1.82) is 0 Å². The SMILES string of the molecule is [Al+3].[Li+].[O-2].[O-2].[O-2].[O-2].[Ti+4]. The normalized spacial score (nSPS) is 0. The second-order valence-corrected chi connectivity index (χ2v) is 0. The van der Waals surface area contributed by atoms with Crippen LogP contribution in [0, 0.1) is 0 Å². The Balaban J connectivity index is 0. The van der Waals surface area contributed by atoms with Crippen LogP contribution in [0.2, 0.25) is 0 Å². The molecule has 4 nitrogen and oxygen atoms in total. The van der Waals surface area contributed by atoms with Crippen molar-refractivity contribution in [3.05, 3.63) is 0 Å². The molecular weight excluding hydrogens is 146 g/mol. The molecule has 0 radical (unpaired) electrons. The Bertz CT molecular complexity index is 11.7. The Morgan fingerprint density at radius 3 is 0.571 bits per heavy atom. The second kappa shape index (κ2) is 121. The third-order valence-electron chi connectivity index (χ3n) is 0. The summed E-state index contributed by atoms with van der Waals surface area (Å²) in [5.41, 5.74) is 0. The zero-order valence-electron chi connectivity index (χ0n) is 3.71. The summed E-state index contributed by atoms with van der Waals surface area (Å²) in [6.45, 7) is 0. The van der Waals surface area contributed by atoms with Crippen LogP contribution in [0.5, 0.6) is 0 Å². The summed E-state index contributed by atoms with van der Waals surface area (Å²) >= 11 is 0. The molecule has 0 saturated heterocycles. The molecule has 0 aliphatic rings. The summed E-state index contributed by atoms with van der Waals surface area (Å²) in [7, 11) is 0. The van der Waals surface area contributed by atoms with Crippen molar-refractivity contribution in [1.82, 2.24) is 0 Å². The average molecular weight is 146 g/mol. The standard InChI is InChI=1S/Al.Li.4O.Ti/q+3;+1;4*-2;+4. The Morgan fingerprint density at radius 1 is 0.571 bits per heavy atom. The van der Waals surface area contributed by atoms with Gasteiger partial charge in [0.15, 0.2) is 0 Å². The maximum absolute atomic E-state index is 0. The molecule has 0 fully saturated rings. The Labute approximate surface area is 79.5 Å². The first-order valence-electron chi connectivity index (χ1n) is 0. The van der Waals surface area contributed by atoms with Crippen LogP contribution in [0.4, 0.5) is 0 Å². The van der Waals surface area contributed by atoms with E-state index in [1.54, 1.807) is 0 Å². The molecule has 0 aromatic carbocycles. The molecule has 0 heterocycles. The van der Waals surface area contributed by atoms with Crippen LogP contribution in [0.25, 0.3) is 0 Å². The van der Waals surface area contributed by atoms with E-state index in [0.29, 0.717) is 0 Å². The van der Waals surface area contributed by atoms with Crippen molar-refractivity contribution in [2.24, 2.45) is 0 Å². The van der Waals surface area contributed by atoms with Crippen LogP contribution in [0.15, 0.2) is 0 Å². The van der Waals surface area contributed by atoms with E-state index >= 15 is 0 Å². The molecule has 7 heteroatoms. The van der Waals surface area contributed by atoms with Crippen molar-refractivity contribution in [2.45, 2.75) is 0 Å². The molecule has 0 rings (SSSR count). The van der Waals surface area contributed by atoms with Gasteiger partial charge in [0, 0.05) is 0 Å². The quantitative estimate of drug-likeness (QED) is 0.311. The van der Waals surface area contributed by atoms with Crippen molar-refractivity contribution in [2.75, 3.05) is 0 Å². The molecule has 0 aromatic heterocycles. The first kappa shape index (κ1) is 181. The van der Waals surface area contributed by atoms with Crippen LogP contribution in [0.1, 0.15) is 0 Å². The Kier molecular flexibility index (Phi) is 3130. The van der Waals surface area contributed by atoms with E-state index < -0.39 is 0 Å². The van der Waals surface area contributed by atoms with Gasteiger partial charge >= 0.3 is 57.9 Å². The molecular formula is AlLiO4Ti. The van der Waals surface area contributed by atoms with E-state index in [0.717, 1.165) is 0 Å². The smallest absolute Gasteiger partial charge is 2.00 e. The van der Waals surface area contributed by atoms with E-state index in [-0.39, 0.29) is 79.8 Å². The number of hydrogen-bond donors (Lipinski definition) is 0. The molecule has 0 aliphatic carbocycles. The molecule has 0 aromatic rings. The molecule has 0 spiro atoms. The third-order valence-corrected chi connectivity index (χ3v) is 0. The number of hydrogen-bond acceptors (Lipinski definition) is 0.